The Morgan fingerprint density at radius 1 is 0.906 bits per heavy atom. The smallest absolute Gasteiger partial charge is 0.271 e. The second-order valence-corrected chi connectivity index (χ2v) is 15.5. The van der Waals surface area contributed by atoms with Gasteiger partial charge in [-0.1, -0.05) is 17.7 Å². The predicted molar refractivity (Wildman–Crippen MR) is 182 cm³/mol. The van der Waals surface area contributed by atoms with Crippen LogP contribution in [-0.4, -0.2) is 50.5 Å². The highest BCUT2D eigenvalue weighted by Crippen LogP contribution is 2.67. The topological polar surface area (TPSA) is 147 Å². The van der Waals surface area contributed by atoms with E-state index in [9.17, 15) is 47.6 Å². The number of anilines is 2. The number of hydrogen-bond donors (Lipinski definition) is 1. The third-order valence-electron chi connectivity index (χ3n) is 10.2. The molecular weight excluding hydrogens is 892 g/mol. The fraction of sp³-hybridized carbons (Fsp3) is 0.273. The standard InChI is InChI=1S/C33H18Br2Cl2F5N3O8/c1-53-16-8-14(19(34)20(35)27(16)46)18-12-5-6-13-17(29(48)43(28(13)47)10-3-2-4-11(7-10)45(51)52)15(12)9-32(36)30(49)44(31(50)33(18,32)37)26-24(41)22(39)21(38)23(40)25(26)42/h2-5,7-8,13,15,17-18,46H,6,9H2,1H3/t13-,15+,17-,18+,32+,33-/m0/s1. The number of aromatic hydroxyl groups is 1. The Morgan fingerprint density at radius 2 is 1.53 bits per heavy atom. The number of hydrogen-bond acceptors (Lipinski definition) is 8. The van der Waals surface area contributed by atoms with E-state index < -0.39 is 115 Å². The Kier molecular flexibility index (Phi) is 8.74. The number of rotatable bonds is 5. The van der Waals surface area contributed by atoms with Crippen LogP contribution in [-0.2, 0) is 19.2 Å². The molecule has 276 valence electrons. The lowest BCUT2D eigenvalue weighted by Gasteiger charge is -2.51. The van der Waals surface area contributed by atoms with Gasteiger partial charge in [0.2, 0.25) is 17.6 Å². The van der Waals surface area contributed by atoms with Crippen LogP contribution in [0.5, 0.6) is 11.5 Å². The molecule has 20 heteroatoms. The van der Waals surface area contributed by atoms with Gasteiger partial charge < -0.3 is 9.84 Å². The number of benzene rings is 3. The predicted octanol–water partition coefficient (Wildman–Crippen LogP) is 7.30. The van der Waals surface area contributed by atoms with Crippen molar-refractivity contribution in [2.45, 2.75) is 28.5 Å². The van der Waals surface area contributed by atoms with E-state index in [1.165, 1.54) is 31.4 Å². The molecule has 0 bridgehead atoms. The van der Waals surface area contributed by atoms with Crippen molar-refractivity contribution >= 4 is 95.8 Å². The molecule has 1 N–H and O–H groups in total. The van der Waals surface area contributed by atoms with Gasteiger partial charge in [0.25, 0.3) is 17.5 Å². The number of methoxy groups -OCH3 is 1. The van der Waals surface area contributed by atoms with Crippen LogP contribution in [0, 0.1) is 57.0 Å². The van der Waals surface area contributed by atoms with E-state index in [4.69, 9.17) is 27.9 Å². The molecule has 0 radical (unpaired) electrons. The molecule has 4 amide bonds. The van der Waals surface area contributed by atoms with Crippen LogP contribution < -0.4 is 14.5 Å². The number of phenols is 1. The number of nitro benzene ring substituents is 1. The molecule has 0 aromatic heterocycles. The number of carbonyl (C=O) groups excluding carboxylic acids is 4. The van der Waals surface area contributed by atoms with E-state index >= 15 is 8.78 Å². The minimum Gasteiger partial charge on any atom is -0.503 e. The monoisotopic (exact) mass is 907 g/mol. The summed E-state index contributed by atoms with van der Waals surface area (Å²) in [5.74, 6) is -23.7. The number of non-ortho nitro benzene ring substituents is 1. The quantitative estimate of drug-likeness (QED) is 0.0411. The van der Waals surface area contributed by atoms with Gasteiger partial charge in [-0.05, 0) is 68.3 Å². The van der Waals surface area contributed by atoms with Crippen LogP contribution in [0.3, 0.4) is 0 Å². The zero-order chi connectivity index (χ0) is 38.8. The van der Waals surface area contributed by atoms with Gasteiger partial charge in [0.1, 0.15) is 5.69 Å². The van der Waals surface area contributed by atoms with Gasteiger partial charge in [-0.15, -0.1) is 23.2 Å². The van der Waals surface area contributed by atoms with Crippen LogP contribution in [0.2, 0.25) is 0 Å². The fourth-order valence-corrected chi connectivity index (χ4v) is 9.77. The maximum Gasteiger partial charge on any atom is 0.271 e. The summed E-state index contributed by atoms with van der Waals surface area (Å²) in [4.78, 5) is 62.6. The highest BCUT2D eigenvalue weighted by Gasteiger charge is 2.77. The Balaban J connectivity index is 1.46. The molecule has 11 nitrogen and oxygen atoms in total. The molecular formula is C33H18Br2Cl2F5N3O8. The first kappa shape index (κ1) is 37.2. The number of ether oxygens (including phenoxy) is 1. The minimum absolute atomic E-state index is 0.00880. The Bertz CT molecular complexity index is 2270. The first-order chi connectivity index (χ1) is 24.8. The molecule has 0 unspecified atom stereocenters. The summed E-state index contributed by atoms with van der Waals surface area (Å²) in [5.41, 5.74) is -2.42. The molecule has 4 aliphatic rings. The van der Waals surface area contributed by atoms with E-state index in [2.05, 4.69) is 31.9 Å². The molecule has 3 aromatic carbocycles. The second-order valence-electron chi connectivity index (χ2n) is 12.6. The zero-order valence-electron chi connectivity index (χ0n) is 26.2. The lowest BCUT2D eigenvalue weighted by atomic mass is 9.56. The molecule has 53 heavy (non-hydrogen) atoms. The highest BCUT2D eigenvalue weighted by molar-refractivity contribution is 9.13. The Labute approximate surface area is 320 Å². The Morgan fingerprint density at radius 3 is 2.13 bits per heavy atom. The van der Waals surface area contributed by atoms with Crippen molar-refractivity contribution in [3.8, 4) is 11.5 Å². The summed E-state index contributed by atoms with van der Waals surface area (Å²) in [7, 11) is 1.18. The summed E-state index contributed by atoms with van der Waals surface area (Å²) in [6, 6.07) is 5.91. The summed E-state index contributed by atoms with van der Waals surface area (Å²) in [6.45, 7) is 0. The number of nitrogens with zero attached hydrogens (tertiary/aromatic N) is 3. The molecule has 2 aliphatic heterocycles. The van der Waals surface area contributed by atoms with Crippen LogP contribution >= 0.6 is 55.1 Å². The summed E-state index contributed by atoms with van der Waals surface area (Å²) < 4.78 is 78.9. The van der Waals surface area contributed by atoms with Crippen molar-refractivity contribution in [3.63, 3.8) is 0 Å². The maximum absolute atomic E-state index is 15.3. The van der Waals surface area contributed by atoms with Gasteiger partial charge in [0, 0.05) is 22.5 Å². The van der Waals surface area contributed by atoms with Crippen LogP contribution in [0.1, 0.15) is 24.3 Å². The number of nitro groups is 1. The van der Waals surface area contributed by atoms with Gasteiger partial charge in [-0.3, -0.25) is 29.3 Å². The van der Waals surface area contributed by atoms with Crippen molar-refractivity contribution in [2.24, 2.45) is 17.8 Å². The molecule has 7 rings (SSSR count). The normalized spacial score (nSPS) is 27.8. The van der Waals surface area contributed by atoms with Crippen LogP contribution in [0.15, 0.2) is 50.9 Å². The van der Waals surface area contributed by atoms with Gasteiger partial charge in [0.05, 0.1) is 34.0 Å². The van der Waals surface area contributed by atoms with E-state index in [0.717, 1.165) is 17.0 Å². The molecule has 0 spiro atoms. The number of imide groups is 2. The van der Waals surface area contributed by atoms with E-state index in [1.807, 2.05) is 0 Å². The molecule has 2 aliphatic carbocycles. The van der Waals surface area contributed by atoms with Crippen LogP contribution in [0.4, 0.5) is 39.0 Å². The van der Waals surface area contributed by atoms with Gasteiger partial charge in [-0.2, -0.15) is 0 Å². The van der Waals surface area contributed by atoms with Crippen molar-refractivity contribution < 1.29 is 55.9 Å². The molecule has 1 saturated carbocycles. The van der Waals surface area contributed by atoms with E-state index in [-0.39, 0.29) is 42.8 Å². The van der Waals surface area contributed by atoms with Crippen molar-refractivity contribution in [3.05, 3.63) is 95.7 Å². The molecule has 2 heterocycles. The molecule has 3 aromatic rings. The van der Waals surface area contributed by atoms with Gasteiger partial charge >= 0.3 is 0 Å². The lowest BCUT2D eigenvalue weighted by Crippen LogP contribution is -2.60. The third kappa shape index (κ3) is 4.80. The molecule has 2 saturated heterocycles. The van der Waals surface area contributed by atoms with E-state index in [1.54, 1.807) is 0 Å². The van der Waals surface area contributed by atoms with Gasteiger partial charge in [0.15, 0.2) is 44.5 Å². The number of fused-ring (bicyclic) bond motifs is 4. The highest BCUT2D eigenvalue weighted by atomic mass is 79.9. The summed E-state index contributed by atoms with van der Waals surface area (Å²) in [6.07, 6.45) is 0.522. The first-order valence-electron chi connectivity index (χ1n) is 15.2. The molecule has 3 fully saturated rings. The number of allylic oxidation sites excluding steroid dienone is 2. The molecule has 6 atom stereocenters. The van der Waals surface area contributed by atoms with Crippen molar-refractivity contribution in [1.82, 2.24) is 0 Å². The van der Waals surface area contributed by atoms with Crippen molar-refractivity contribution in [1.29, 1.82) is 0 Å². The Hall–Kier alpha value is -4.13. The fourth-order valence-electron chi connectivity index (χ4n) is 7.89. The number of alkyl halides is 2. The zero-order valence-corrected chi connectivity index (χ0v) is 30.9. The largest absolute Gasteiger partial charge is 0.503 e. The first-order valence-corrected chi connectivity index (χ1v) is 17.5. The minimum atomic E-state index is -2.84. The second kappa shape index (κ2) is 12.5. The SMILES string of the molecule is COc1cc([C@H]2C3=CC[C@@H]4C(=O)N(c5cccc([N+](=O)[O-])c5)C(=O)[C@@H]4[C@@H]3C[C@@]3(Cl)C(=O)N(c4c(F)c(F)c(F)c(F)c4F)C(=O)[C@@]23Cl)c(Br)c(Br)c1O. The van der Waals surface area contributed by atoms with E-state index in [0.29, 0.717) is 0 Å². The maximum atomic E-state index is 15.3. The number of phenolic OH excluding ortho intramolecular Hbond substituents is 1. The average Bonchev–Trinajstić information content (AvgIpc) is 3.47. The summed E-state index contributed by atoms with van der Waals surface area (Å²) >= 11 is 20.8. The van der Waals surface area contributed by atoms with Gasteiger partial charge in [-0.25, -0.2) is 31.8 Å². The summed E-state index contributed by atoms with van der Waals surface area (Å²) in [5, 5.41) is 22.2. The lowest BCUT2D eigenvalue weighted by molar-refractivity contribution is -0.384. The number of carbonyl (C=O) groups is 4. The number of amides is 4. The van der Waals surface area contributed by atoms with Crippen molar-refractivity contribution in [2.75, 3.05) is 16.9 Å². The average molecular weight is 910 g/mol. The van der Waals surface area contributed by atoms with Crippen LogP contribution in [0.25, 0.3) is 0 Å². The number of halogens is 9. The third-order valence-corrected chi connectivity index (χ3v) is 13.8.